The van der Waals surface area contributed by atoms with Crippen LogP contribution in [0.25, 0.3) is 11.1 Å². The second kappa shape index (κ2) is 12.4. The highest BCUT2D eigenvalue weighted by Gasteiger charge is 2.18. The molecule has 0 saturated heterocycles. The number of ether oxygens (including phenoxy) is 2. The fourth-order valence-corrected chi connectivity index (χ4v) is 3.98. The zero-order valence-corrected chi connectivity index (χ0v) is 20.8. The minimum absolute atomic E-state index is 0.0792. The van der Waals surface area contributed by atoms with E-state index in [1.165, 1.54) is 0 Å². The second-order valence-corrected chi connectivity index (χ2v) is 8.61. The lowest BCUT2D eigenvalue weighted by molar-refractivity contribution is 0.110. The molecule has 1 aliphatic carbocycles. The summed E-state index contributed by atoms with van der Waals surface area (Å²) in [6, 6.07) is 12.1. The van der Waals surface area contributed by atoms with Gasteiger partial charge in [-0.2, -0.15) is 0 Å². The number of hydrogen-bond acceptors (Lipinski definition) is 4. The second-order valence-electron chi connectivity index (χ2n) is 8.17. The highest BCUT2D eigenvalue weighted by Crippen LogP contribution is 2.35. The lowest BCUT2D eigenvalue weighted by Crippen LogP contribution is -2.31. The van der Waals surface area contributed by atoms with E-state index in [1.807, 2.05) is 68.5 Å². The molecule has 1 aliphatic rings. The van der Waals surface area contributed by atoms with Crippen molar-refractivity contribution < 1.29 is 19.4 Å². The molecule has 1 N–H and O–H groups in total. The zero-order valence-electron chi connectivity index (χ0n) is 20.0. The number of methoxy groups -OCH3 is 1. The van der Waals surface area contributed by atoms with Crippen LogP contribution in [0, 0.1) is 6.92 Å². The summed E-state index contributed by atoms with van der Waals surface area (Å²) in [5, 5.41) is 10.1. The van der Waals surface area contributed by atoms with Crippen LogP contribution in [0.3, 0.4) is 0 Å². The molecule has 0 spiro atoms. The zero-order chi connectivity index (χ0) is 24.5. The predicted molar refractivity (Wildman–Crippen MR) is 137 cm³/mol. The van der Waals surface area contributed by atoms with Crippen LogP contribution in [0.2, 0.25) is 0 Å². The van der Waals surface area contributed by atoms with Crippen LogP contribution in [0.1, 0.15) is 30.0 Å². The van der Waals surface area contributed by atoms with E-state index in [4.69, 9.17) is 21.1 Å². The van der Waals surface area contributed by atoms with Crippen molar-refractivity contribution in [3.05, 3.63) is 88.0 Å². The maximum absolute atomic E-state index is 12.9. The number of benzene rings is 2. The van der Waals surface area contributed by atoms with E-state index in [0.29, 0.717) is 31.0 Å². The largest absolute Gasteiger partial charge is 0.496 e. The van der Waals surface area contributed by atoms with Crippen molar-refractivity contribution in [3.63, 3.8) is 0 Å². The van der Waals surface area contributed by atoms with Gasteiger partial charge >= 0.3 is 6.09 Å². The molecule has 2 aromatic carbocycles. The third-order valence-electron chi connectivity index (χ3n) is 5.73. The minimum atomic E-state index is -0.368. The summed E-state index contributed by atoms with van der Waals surface area (Å²) in [6.07, 6.45) is 8.50. The number of nitrogens with zero attached hydrogens (tertiary/aromatic N) is 1. The normalized spacial score (nSPS) is 13.1. The monoisotopic (exact) mass is 481 g/mol. The Morgan fingerprint density at radius 1 is 1.12 bits per heavy atom. The van der Waals surface area contributed by atoms with Crippen molar-refractivity contribution in [2.45, 2.75) is 33.2 Å². The number of amides is 1. The number of hydrogen-bond donors (Lipinski definition) is 1. The lowest BCUT2D eigenvalue weighted by atomic mass is 9.94. The third-order valence-corrected chi connectivity index (χ3v) is 6.01. The molecule has 1 amide bonds. The molecular weight excluding hydrogens is 450 g/mol. The number of halogens is 1. The summed E-state index contributed by atoms with van der Waals surface area (Å²) < 4.78 is 11.2. The number of aliphatic hydroxyl groups is 1. The van der Waals surface area contributed by atoms with E-state index < -0.39 is 0 Å². The Hall–Kier alpha value is -3.02. The van der Waals surface area contributed by atoms with Gasteiger partial charge in [-0.15, -0.1) is 0 Å². The Bertz CT molecular complexity index is 1100. The third kappa shape index (κ3) is 6.75. The number of carbonyl (C=O) groups is 1. The van der Waals surface area contributed by atoms with Crippen LogP contribution < -0.4 is 4.74 Å². The van der Waals surface area contributed by atoms with E-state index in [9.17, 15) is 9.90 Å². The fourth-order valence-electron chi connectivity index (χ4n) is 3.83. The van der Waals surface area contributed by atoms with Gasteiger partial charge in [0.05, 0.1) is 7.11 Å². The molecule has 0 aliphatic heterocycles. The molecule has 34 heavy (non-hydrogen) atoms. The summed E-state index contributed by atoms with van der Waals surface area (Å²) in [4.78, 5) is 14.6. The molecule has 0 unspecified atom stereocenters. The molecule has 0 fully saturated rings. The van der Waals surface area contributed by atoms with Gasteiger partial charge in [-0.1, -0.05) is 59.7 Å². The van der Waals surface area contributed by atoms with Crippen molar-refractivity contribution in [1.82, 2.24) is 4.90 Å². The first-order valence-electron chi connectivity index (χ1n) is 11.5. The standard InChI is InChI=1S/C28H32ClNO4/c1-4-30(28(32)34-19-22-6-5-7-24(29)12-9-22)18-23-11-8-20(2)16-25(23)26-17-21(14-15-31)10-13-27(26)33-3/h6-13,16-17,31H,4-5,14-15,18-19H2,1-3H3. The Balaban J connectivity index is 1.82. The Kier molecular flexibility index (Phi) is 9.37. The fraction of sp³-hybridized carbons (Fsp3) is 0.321. The van der Waals surface area contributed by atoms with Crippen LogP contribution in [-0.2, 0) is 17.7 Å². The molecular formula is C28H32ClNO4. The van der Waals surface area contributed by atoms with Crippen molar-refractivity contribution in [2.24, 2.45) is 0 Å². The van der Waals surface area contributed by atoms with Gasteiger partial charge in [0.2, 0.25) is 0 Å². The molecule has 180 valence electrons. The van der Waals surface area contributed by atoms with E-state index in [2.05, 4.69) is 6.07 Å². The Morgan fingerprint density at radius 3 is 2.68 bits per heavy atom. The van der Waals surface area contributed by atoms with Gasteiger partial charge in [-0.3, -0.25) is 0 Å². The first-order valence-corrected chi connectivity index (χ1v) is 11.8. The number of carbonyl (C=O) groups excluding carboxylic acids is 1. The SMILES string of the molecule is CCN(Cc1ccc(C)cc1-c1cc(CCO)ccc1OC)C(=O)OCC1=CCC=C(Cl)C=C1. The molecule has 0 radical (unpaired) electrons. The van der Waals surface area contributed by atoms with Gasteiger partial charge in [-0.25, -0.2) is 4.79 Å². The van der Waals surface area contributed by atoms with Gasteiger partial charge in [0.15, 0.2) is 0 Å². The van der Waals surface area contributed by atoms with Crippen molar-refractivity contribution >= 4 is 17.7 Å². The maximum Gasteiger partial charge on any atom is 0.410 e. The minimum Gasteiger partial charge on any atom is -0.496 e. The molecule has 3 rings (SSSR count). The molecule has 6 heteroatoms. The summed E-state index contributed by atoms with van der Waals surface area (Å²) in [5.74, 6) is 0.749. The molecule has 0 heterocycles. The number of aryl methyl sites for hydroxylation is 1. The van der Waals surface area contributed by atoms with Gasteiger partial charge in [-0.05, 0) is 67.2 Å². The van der Waals surface area contributed by atoms with E-state index in [1.54, 1.807) is 12.0 Å². The van der Waals surface area contributed by atoms with Crippen molar-refractivity contribution in [2.75, 3.05) is 26.9 Å². The van der Waals surface area contributed by atoms with Gasteiger partial charge < -0.3 is 19.5 Å². The van der Waals surface area contributed by atoms with Crippen LogP contribution in [-0.4, -0.2) is 43.0 Å². The van der Waals surface area contributed by atoms with Gasteiger partial charge in [0, 0.05) is 30.3 Å². The molecule has 0 atom stereocenters. The molecule has 0 bridgehead atoms. The average molecular weight is 482 g/mol. The van der Waals surface area contributed by atoms with Crippen LogP contribution in [0.5, 0.6) is 5.75 Å². The van der Waals surface area contributed by atoms with Gasteiger partial charge in [0.25, 0.3) is 0 Å². The topological polar surface area (TPSA) is 59.0 Å². The Morgan fingerprint density at radius 2 is 1.94 bits per heavy atom. The highest BCUT2D eigenvalue weighted by atomic mass is 35.5. The highest BCUT2D eigenvalue weighted by molar-refractivity contribution is 6.31. The molecule has 0 saturated carbocycles. The number of allylic oxidation sites excluding steroid dienone is 4. The van der Waals surface area contributed by atoms with Crippen LogP contribution >= 0.6 is 11.6 Å². The summed E-state index contributed by atoms with van der Waals surface area (Å²) in [7, 11) is 1.65. The predicted octanol–water partition coefficient (Wildman–Crippen LogP) is 6.17. The first-order chi connectivity index (χ1) is 16.4. The summed E-state index contributed by atoms with van der Waals surface area (Å²) in [5.41, 5.74) is 5.98. The van der Waals surface area contributed by atoms with E-state index in [0.717, 1.165) is 39.1 Å². The van der Waals surface area contributed by atoms with E-state index >= 15 is 0 Å². The molecule has 2 aromatic rings. The number of aliphatic hydroxyl groups excluding tert-OH is 1. The van der Waals surface area contributed by atoms with Crippen LogP contribution in [0.15, 0.2) is 71.3 Å². The van der Waals surface area contributed by atoms with Crippen molar-refractivity contribution in [3.8, 4) is 16.9 Å². The Labute approximate surface area is 206 Å². The maximum atomic E-state index is 12.9. The first kappa shape index (κ1) is 25.6. The summed E-state index contributed by atoms with van der Waals surface area (Å²) in [6.45, 7) is 5.17. The number of rotatable bonds is 9. The van der Waals surface area contributed by atoms with Crippen molar-refractivity contribution in [1.29, 1.82) is 0 Å². The molecule has 5 nitrogen and oxygen atoms in total. The lowest BCUT2D eigenvalue weighted by Gasteiger charge is -2.23. The quantitative estimate of drug-likeness (QED) is 0.465. The van der Waals surface area contributed by atoms with Crippen LogP contribution in [0.4, 0.5) is 4.79 Å². The van der Waals surface area contributed by atoms with E-state index in [-0.39, 0.29) is 19.3 Å². The smallest absolute Gasteiger partial charge is 0.410 e. The molecule has 0 aromatic heterocycles. The average Bonchev–Trinajstić information content (AvgIpc) is 3.05. The van der Waals surface area contributed by atoms with Gasteiger partial charge in [0.1, 0.15) is 12.4 Å². The summed E-state index contributed by atoms with van der Waals surface area (Å²) >= 11 is 6.04.